The molecule has 2 aliphatic carbocycles. The number of nitriles is 1. The number of carbonyl (C=O) groups excluding carboxylic acids is 1. The maximum absolute atomic E-state index is 12.6. The van der Waals surface area contributed by atoms with E-state index in [1.807, 2.05) is 30.3 Å². The number of carbonyl (C=O) groups is 2. The minimum atomic E-state index is -1.29. The normalized spacial score (nSPS) is 22.3. The van der Waals surface area contributed by atoms with Crippen molar-refractivity contribution in [1.29, 1.82) is 5.26 Å². The van der Waals surface area contributed by atoms with Gasteiger partial charge in [-0.2, -0.15) is 5.26 Å². The molecule has 5 nitrogen and oxygen atoms in total. The van der Waals surface area contributed by atoms with Gasteiger partial charge in [0.05, 0.1) is 6.07 Å². The molecule has 1 atom stereocenters. The van der Waals surface area contributed by atoms with Gasteiger partial charge in [0.15, 0.2) is 5.54 Å². The predicted octanol–water partition coefficient (Wildman–Crippen LogP) is 3.54. The van der Waals surface area contributed by atoms with Crippen molar-refractivity contribution in [2.75, 3.05) is 0 Å². The van der Waals surface area contributed by atoms with Gasteiger partial charge < -0.3 is 10.4 Å². The summed E-state index contributed by atoms with van der Waals surface area (Å²) < 4.78 is 0. The zero-order valence-electron chi connectivity index (χ0n) is 14.0. The maximum Gasteiger partial charge on any atom is 0.332 e. The van der Waals surface area contributed by atoms with Gasteiger partial charge in [-0.05, 0) is 36.5 Å². The first kappa shape index (κ1) is 18.0. The van der Waals surface area contributed by atoms with Crippen LogP contribution in [0.3, 0.4) is 0 Å². The monoisotopic (exact) mass is 368 g/mol. The van der Waals surface area contributed by atoms with E-state index in [0.717, 1.165) is 11.1 Å². The van der Waals surface area contributed by atoms with Gasteiger partial charge in [0.25, 0.3) is 0 Å². The molecule has 0 aliphatic heterocycles. The molecule has 0 heterocycles. The molecule has 3 rings (SSSR count). The van der Waals surface area contributed by atoms with E-state index >= 15 is 0 Å². The smallest absolute Gasteiger partial charge is 0.332 e. The number of amides is 1. The fourth-order valence-corrected chi connectivity index (χ4v) is 3.67. The third-order valence-corrected chi connectivity index (χ3v) is 4.97. The van der Waals surface area contributed by atoms with Crippen molar-refractivity contribution >= 4 is 29.1 Å². The molecule has 0 aromatic heterocycles. The molecular formula is C20H17ClN2O3. The molecule has 0 saturated heterocycles. The quantitative estimate of drug-likeness (QED) is 0.850. The Morgan fingerprint density at radius 1 is 1.19 bits per heavy atom. The number of carboxylic acids is 1. The molecule has 0 bridgehead atoms. The second kappa shape index (κ2) is 7.19. The number of rotatable bonds is 4. The molecule has 1 unspecified atom stereocenters. The SMILES string of the molecule is N#CC1(NC(=O)C2=C(C(=O)O)CCC2)C=CC(c2ccccc2)=C(Cl)C1. The minimum Gasteiger partial charge on any atom is -0.478 e. The standard InChI is InChI=1S/C20H17ClN2O3/c21-17-11-20(12-22,10-9-14(17)13-5-2-1-3-6-13)23-18(24)15-7-4-8-16(15)19(25)26/h1-3,5-6,9-10H,4,7-8,11H2,(H,23,24)(H,25,26). The highest BCUT2D eigenvalue weighted by atomic mass is 35.5. The van der Waals surface area contributed by atoms with E-state index in [-0.39, 0.29) is 17.6 Å². The van der Waals surface area contributed by atoms with E-state index in [9.17, 15) is 20.0 Å². The van der Waals surface area contributed by atoms with Crippen LogP contribution in [0.4, 0.5) is 0 Å². The van der Waals surface area contributed by atoms with Gasteiger partial charge in [0.2, 0.25) is 5.91 Å². The summed E-state index contributed by atoms with van der Waals surface area (Å²) >= 11 is 6.42. The lowest BCUT2D eigenvalue weighted by Gasteiger charge is -2.28. The van der Waals surface area contributed by atoms with E-state index in [2.05, 4.69) is 11.4 Å². The molecule has 1 aromatic carbocycles. The summed E-state index contributed by atoms with van der Waals surface area (Å²) in [5.41, 5.74) is 0.819. The molecule has 0 spiro atoms. The molecule has 2 aliphatic rings. The zero-order chi connectivity index (χ0) is 18.7. The number of nitrogens with one attached hydrogen (secondary N) is 1. The van der Waals surface area contributed by atoms with Crippen LogP contribution >= 0.6 is 11.6 Å². The molecule has 0 radical (unpaired) electrons. The maximum atomic E-state index is 12.6. The Morgan fingerprint density at radius 2 is 1.88 bits per heavy atom. The van der Waals surface area contributed by atoms with Crippen LogP contribution < -0.4 is 5.32 Å². The highest BCUT2D eigenvalue weighted by Gasteiger charge is 2.36. The molecule has 0 saturated carbocycles. The van der Waals surface area contributed by atoms with Crippen LogP contribution in [-0.2, 0) is 9.59 Å². The summed E-state index contributed by atoms with van der Waals surface area (Å²) in [5, 5.41) is 22.0. The van der Waals surface area contributed by atoms with Crippen molar-refractivity contribution in [3.8, 4) is 6.07 Å². The van der Waals surface area contributed by atoms with Crippen LogP contribution in [0.25, 0.3) is 5.57 Å². The molecule has 1 amide bonds. The van der Waals surface area contributed by atoms with Crippen LogP contribution in [0.2, 0.25) is 0 Å². The molecule has 132 valence electrons. The van der Waals surface area contributed by atoms with Crippen LogP contribution in [0.5, 0.6) is 0 Å². The van der Waals surface area contributed by atoms with Gasteiger partial charge in [-0.25, -0.2) is 4.79 Å². The summed E-state index contributed by atoms with van der Waals surface area (Å²) in [5.74, 6) is -1.60. The highest BCUT2D eigenvalue weighted by molar-refractivity contribution is 6.33. The van der Waals surface area contributed by atoms with Crippen LogP contribution in [0.15, 0.2) is 58.7 Å². The number of hydrogen-bond donors (Lipinski definition) is 2. The first-order valence-corrected chi connectivity index (χ1v) is 8.66. The average molecular weight is 369 g/mol. The number of halogens is 1. The second-order valence-electron chi connectivity index (χ2n) is 6.35. The number of nitrogens with zero attached hydrogens (tertiary/aromatic N) is 1. The molecular weight excluding hydrogens is 352 g/mol. The summed E-state index contributed by atoms with van der Waals surface area (Å²) in [6, 6.07) is 11.6. The highest BCUT2D eigenvalue weighted by Crippen LogP contribution is 2.35. The van der Waals surface area contributed by atoms with E-state index < -0.39 is 17.4 Å². The average Bonchev–Trinajstić information content (AvgIpc) is 3.13. The Kier molecular flexibility index (Phi) is 4.97. The molecule has 2 N–H and O–H groups in total. The van der Waals surface area contributed by atoms with Gasteiger partial charge >= 0.3 is 5.97 Å². The minimum absolute atomic E-state index is 0.127. The summed E-state index contributed by atoms with van der Waals surface area (Å²) in [6.07, 6.45) is 4.87. The first-order chi connectivity index (χ1) is 12.5. The third-order valence-electron chi connectivity index (χ3n) is 4.63. The van der Waals surface area contributed by atoms with Crippen molar-refractivity contribution in [3.05, 3.63) is 64.2 Å². The van der Waals surface area contributed by atoms with Gasteiger partial charge in [-0.3, -0.25) is 4.79 Å². The largest absolute Gasteiger partial charge is 0.478 e. The molecule has 6 heteroatoms. The number of benzene rings is 1. The fraction of sp³-hybridized carbons (Fsp3) is 0.250. The Labute approximate surface area is 156 Å². The van der Waals surface area contributed by atoms with Crippen molar-refractivity contribution in [1.82, 2.24) is 5.32 Å². The third kappa shape index (κ3) is 3.42. The van der Waals surface area contributed by atoms with E-state index in [1.165, 1.54) is 0 Å². The molecule has 1 aromatic rings. The van der Waals surface area contributed by atoms with Crippen molar-refractivity contribution in [3.63, 3.8) is 0 Å². The Balaban J connectivity index is 1.84. The predicted molar refractivity (Wildman–Crippen MR) is 98.0 cm³/mol. The van der Waals surface area contributed by atoms with E-state index in [0.29, 0.717) is 24.3 Å². The second-order valence-corrected chi connectivity index (χ2v) is 6.80. The topological polar surface area (TPSA) is 90.2 Å². The van der Waals surface area contributed by atoms with Crippen molar-refractivity contribution < 1.29 is 14.7 Å². The van der Waals surface area contributed by atoms with Gasteiger partial charge in [-0.15, -0.1) is 0 Å². The van der Waals surface area contributed by atoms with Gasteiger partial charge in [-0.1, -0.05) is 48.0 Å². The van der Waals surface area contributed by atoms with Crippen molar-refractivity contribution in [2.45, 2.75) is 31.2 Å². The number of carboxylic acid groups (broad SMARTS) is 1. The van der Waals surface area contributed by atoms with Crippen LogP contribution in [0.1, 0.15) is 31.2 Å². The first-order valence-electron chi connectivity index (χ1n) is 8.28. The lowest BCUT2D eigenvalue weighted by Crippen LogP contribution is -2.47. The fourth-order valence-electron chi connectivity index (χ4n) is 3.28. The number of aliphatic carboxylic acids is 1. The van der Waals surface area contributed by atoms with E-state index in [1.54, 1.807) is 12.2 Å². The lowest BCUT2D eigenvalue weighted by molar-refractivity contribution is -0.133. The summed E-state index contributed by atoms with van der Waals surface area (Å²) in [7, 11) is 0. The van der Waals surface area contributed by atoms with Gasteiger partial charge in [0, 0.05) is 22.6 Å². The van der Waals surface area contributed by atoms with E-state index in [4.69, 9.17) is 11.6 Å². The molecule has 26 heavy (non-hydrogen) atoms. The number of allylic oxidation sites excluding steroid dienone is 2. The Hall–Kier alpha value is -2.84. The Bertz CT molecular complexity index is 893. The summed E-state index contributed by atoms with van der Waals surface area (Å²) in [4.78, 5) is 23.8. The zero-order valence-corrected chi connectivity index (χ0v) is 14.7. The molecule has 0 fully saturated rings. The number of hydrogen-bond acceptors (Lipinski definition) is 3. The van der Waals surface area contributed by atoms with Crippen molar-refractivity contribution in [2.24, 2.45) is 0 Å². The van der Waals surface area contributed by atoms with Gasteiger partial charge in [0.1, 0.15) is 0 Å². The lowest BCUT2D eigenvalue weighted by atomic mass is 9.87. The van der Waals surface area contributed by atoms with Crippen LogP contribution in [-0.4, -0.2) is 22.5 Å². The van der Waals surface area contributed by atoms with Crippen LogP contribution in [0, 0.1) is 11.3 Å². The summed E-state index contributed by atoms with van der Waals surface area (Å²) in [6.45, 7) is 0. The Morgan fingerprint density at radius 3 is 2.50 bits per heavy atom.